The molecule has 82 valence electrons. The van der Waals surface area contributed by atoms with Crippen LogP contribution in [0.4, 0.5) is 0 Å². The van der Waals surface area contributed by atoms with E-state index in [0.29, 0.717) is 19.6 Å². The molecule has 1 aromatic carbocycles. The van der Waals surface area contributed by atoms with Crippen molar-refractivity contribution in [1.29, 1.82) is 0 Å². The maximum atomic E-state index is 11.2. The molecule has 0 radical (unpaired) electrons. The number of nitrogens with zero attached hydrogens (tertiary/aromatic N) is 1. The van der Waals surface area contributed by atoms with E-state index in [4.69, 9.17) is 4.74 Å². The van der Waals surface area contributed by atoms with Crippen LogP contribution in [0.1, 0.15) is 13.3 Å². The molecule has 15 heavy (non-hydrogen) atoms. The van der Waals surface area contributed by atoms with Crippen molar-refractivity contribution in [3.63, 3.8) is 0 Å². The first-order valence-corrected chi connectivity index (χ1v) is 5.16. The Kier molecular flexibility index (Phi) is 4.68. The molecule has 0 unspecified atom stereocenters. The minimum Gasteiger partial charge on any atom is -0.492 e. The fraction of sp³-hybridized carbons (Fsp3) is 0.417. The molecule has 3 heteroatoms. The zero-order valence-electron chi connectivity index (χ0n) is 9.27. The predicted octanol–water partition coefficient (Wildman–Crippen LogP) is 1.93. The van der Waals surface area contributed by atoms with Crippen LogP contribution >= 0.6 is 0 Å². The molecule has 0 atom stereocenters. The summed E-state index contributed by atoms with van der Waals surface area (Å²) in [5.41, 5.74) is 0. The molecule has 3 nitrogen and oxygen atoms in total. The van der Waals surface area contributed by atoms with Crippen molar-refractivity contribution >= 4 is 5.91 Å². The summed E-state index contributed by atoms with van der Waals surface area (Å²) < 4.78 is 5.48. The Morgan fingerprint density at radius 3 is 2.60 bits per heavy atom. The van der Waals surface area contributed by atoms with Gasteiger partial charge in [-0.25, -0.2) is 0 Å². The van der Waals surface area contributed by atoms with E-state index in [9.17, 15) is 4.79 Å². The van der Waals surface area contributed by atoms with Gasteiger partial charge in [0.2, 0.25) is 5.91 Å². The highest BCUT2D eigenvalue weighted by Gasteiger charge is 2.04. The highest BCUT2D eigenvalue weighted by Crippen LogP contribution is 2.07. The second-order valence-electron chi connectivity index (χ2n) is 3.33. The molecule has 0 saturated heterocycles. The second kappa shape index (κ2) is 6.06. The van der Waals surface area contributed by atoms with Crippen LogP contribution in [0.3, 0.4) is 0 Å². The first-order valence-electron chi connectivity index (χ1n) is 5.16. The van der Waals surface area contributed by atoms with Gasteiger partial charge in [0.1, 0.15) is 12.4 Å². The summed E-state index contributed by atoms with van der Waals surface area (Å²) in [6, 6.07) is 9.61. The van der Waals surface area contributed by atoms with Gasteiger partial charge in [0.25, 0.3) is 0 Å². The number of ether oxygens (including phenoxy) is 1. The third-order valence-electron chi connectivity index (χ3n) is 2.17. The Morgan fingerprint density at radius 1 is 1.33 bits per heavy atom. The normalized spacial score (nSPS) is 9.73. The summed E-state index contributed by atoms with van der Waals surface area (Å²) in [6.45, 7) is 3.02. The monoisotopic (exact) mass is 207 g/mol. The van der Waals surface area contributed by atoms with Crippen molar-refractivity contribution in [2.45, 2.75) is 13.3 Å². The van der Waals surface area contributed by atoms with Gasteiger partial charge in [-0.2, -0.15) is 0 Å². The van der Waals surface area contributed by atoms with Gasteiger partial charge in [-0.15, -0.1) is 0 Å². The first-order chi connectivity index (χ1) is 7.24. The number of para-hydroxylation sites is 1. The van der Waals surface area contributed by atoms with Gasteiger partial charge in [0.05, 0.1) is 6.54 Å². The number of benzene rings is 1. The van der Waals surface area contributed by atoms with Crippen LogP contribution in [-0.2, 0) is 4.79 Å². The van der Waals surface area contributed by atoms with Crippen LogP contribution in [-0.4, -0.2) is 31.0 Å². The SMILES string of the molecule is CCC(=O)N(C)CCOc1ccccc1. The summed E-state index contributed by atoms with van der Waals surface area (Å²) in [5.74, 6) is 0.988. The molecule has 1 rings (SSSR count). The fourth-order valence-corrected chi connectivity index (χ4v) is 1.21. The Morgan fingerprint density at radius 2 is 2.00 bits per heavy atom. The standard InChI is InChI=1S/C12H17NO2/c1-3-12(14)13(2)9-10-15-11-7-5-4-6-8-11/h4-8H,3,9-10H2,1-2H3. The lowest BCUT2D eigenvalue weighted by Gasteiger charge is -2.16. The Labute approximate surface area is 90.7 Å². The van der Waals surface area contributed by atoms with E-state index in [0.717, 1.165) is 5.75 Å². The van der Waals surface area contributed by atoms with E-state index in [1.165, 1.54) is 0 Å². The highest BCUT2D eigenvalue weighted by molar-refractivity contribution is 5.75. The number of carbonyl (C=O) groups is 1. The van der Waals surface area contributed by atoms with Crippen molar-refractivity contribution in [3.8, 4) is 5.75 Å². The first kappa shape index (κ1) is 11.6. The molecule has 0 saturated carbocycles. The average Bonchev–Trinajstić information content (AvgIpc) is 2.29. The van der Waals surface area contributed by atoms with Crippen molar-refractivity contribution < 1.29 is 9.53 Å². The molecule has 0 aliphatic carbocycles. The maximum absolute atomic E-state index is 11.2. The molecule has 1 aromatic rings. The number of likely N-dealkylation sites (N-methyl/N-ethyl adjacent to an activating group) is 1. The zero-order valence-corrected chi connectivity index (χ0v) is 9.27. The Bertz CT molecular complexity index is 298. The van der Waals surface area contributed by atoms with Crippen LogP contribution in [0.25, 0.3) is 0 Å². The van der Waals surface area contributed by atoms with E-state index in [1.807, 2.05) is 37.3 Å². The van der Waals surface area contributed by atoms with Gasteiger partial charge in [-0.1, -0.05) is 25.1 Å². The summed E-state index contributed by atoms with van der Waals surface area (Å²) in [7, 11) is 1.79. The lowest BCUT2D eigenvalue weighted by Crippen LogP contribution is -2.30. The van der Waals surface area contributed by atoms with Crippen LogP contribution in [0.2, 0.25) is 0 Å². The molecule has 0 aromatic heterocycles. The van der Waals surface area contributed by atoms with Gasteiger partial charge in [-0.3, -0.25) is 4.79 Å². The average molecular weight is 207 g/mol. The molecular weight excluding hydrogens is 190 g/mol. The van der Waals surface area contributed by atoms with Crippen molar-refractivity contribution in [2.24, 2.45) is 0 Å². The van der Waals surface area contributed by atoms with Crippen LogP contribution in [0.5, 0.6) is 5.75 Å². The molecule has 0 spiro atoms. The van der Waals surface area contributed by atoms with Gasteiger partial charge in [-0.05, 0) is 12.1 Å². The molecular formula is C12H17NO2. The number of amides is 1. The number of rotatable bonds is 5. The number of hydrogen-bond donors (Lipinski definition) is 0. The summed E-state index contributed by atoms with van der Waals surface area (Å²) in [5, 5.41) is 0. The summed E-state index contributed by atoms with van der Waals surface area (Å²) in [4.78, 5) is 12.9. The summed E-state index contributed by atoms with van der Waals surface area (Å²) >= 11 is 0. The molecule has 0 aliphatic heterocycles. The van der Waals surface area contributed by atoms with Crippen molar-refractivity contribution in [3.05, 3.63) is 30.3 Å². The van der Waals surface area contributed by atoms with Gasteiger partial charge >= 0.3 is 0 Å². The molecule has 0 heterocycles. The maximum Gasteiger partial charge on any atom is 0.222 e. The predicted molar refractivity (Wildman–Crippen MR) is 59.9 cm³/mol. The molecule has 0 N–H and O–H groups in total. The van der Waals surface area contributed by atoms with E-state index in [2.05, 4.69) is 0 Å². The van der Waals surface area contributed by atoms with E-state index < -0.39 is 0 Å². The van der Waals surface area contributed by atoms with Crippen molar-refractivity contribution in [2.75, 3.05) is 20.2 Å². The highest BCUT2D eigenvalue weighted by atomic mass is 16.5. The third kappa shape index (κ3) is 4.02. The topological polar surface area (TPSA) is 29.5 Å². The lowest BCUT2D eigenvalue weighted by molar-refractivity contribution is -0.129. The smallest absolute Gasteiger partial charge is 0.222 e. The van der Waals surface area contributed by atoms with Crippen LogP contribution < -0.4 is 4.74 Å². The lowest BCUT2D eigenvalue weighted by atomic mass is 10.3. The Hall–Kier alpha value is -1.51. The molecule has 0 aliphatic rings. The Balaban J connectivity index is 2.25. The second-order valence-corrected chi connectivity index (χ2v) is 3.33. The fourth-order valence-electron chi connectivity index (χ4n) is 1.21. The van der Waals surface area contributed by atoms with Gasteiger partial charge < -0.3 is 9.64 Å². The number of carbonyl (C=O) groups excluding carboxylic acids is 1. The quantitative estimate of drug-likeness (QED) is 0.738. The van der Waals surface area contributed by atoms with Gasteiger partial charge in [0.15, 0.2) is 0 Å². The molecule has 0 fully saturated rings. The van der Waals surface area contributed by atoms with E-state index in [-0.39, 0.29) is 5.91 Å². The largest absolute Gasteiger partial charge is 0.492 e. The van der Waals surface area contributed by atoms with Crippen molar-refractivity contribution in [1.82, 2.24) is 4.90 Å². The zero-order chi connectivity index (χ0) is 11.1. The third-order valence-corrected chi connectivity index (χ3v) is 2.17. The van der Waals surface area contributed by atoms with E-state index in [1.54, 1.807) is 11.9 Å². The number of hydrogen-bond acceptors (Lipinski definition) is 2. The molecule has 0 bridgehead atoms. The van der Waals surface area contributed by atoms with Crippen LogP contribution in [0.15, 0.2) is 30.3 Å². The van der Waals surface area contributed by atoms with E-state index >= 15 is 0 Å². The summed E-state index contributed by atoms with van der Waals surface area (Å²) in [6.07, 6.45) is 0.543. The minimum absolute atomic E-state index is 0.145. The molecule has 1 amide bonds. The van der Waals surface area contributed by atoms with Crippen LogP contribution in [0, 0.1) is 0 Å². The minimum atomic E-state index is 0.145. The van der Waals surface area contributed by atoms with Gasteiger partial charge in [0, 0.05) is 13.5 Å².